The Balaban J connectivity index is 1.62. The lowest BCUT2D eigenvalue weighted by molar-refractivity contribution is 0.960. The third kappa shape index (κ3) is 2.98. The number of fused-ring (bicyclic) bond motifs is 1. The summed E-state index contributed by atoms with van der Waals surface area (Å²) < 4.78 is 1.26. The number of anilines is 1. The van der Waals surface area contributed by atoms with Gasteiger partial charge in [0, 0.05) is 29.9 Å². The van der Waals surface area contributed by atoms with E-state index in [-0.39, 0.29) is 0 Å². The first-order valence-electron chi connectivity index (χ1n) is 8.06. The number of aromatic nitrogens is 1. The third-order valence-corrected chi connectivity index (χ3v) is 5.08. The second-order valence-corrected chi connectivity index (χ2v) is 6.75. The van der Waals surface area contributed by atoms with Crippen LogP contribution in [0.25, 0.3) is 20.7 Å². The number of nitrogens with two attached hydrogens (primary N) is 1. The highest BCUT2D eigenvalue weighted by molar-refractivity contribution is 7.22. The summed E-state index contributed by atoms with van der Waals surface area (Å²) in [6.07, 6.45) is 1.86. The standard InChI is InChI=1S/C18H19N5S/c19-5-6-20-14-3-4-15(23-11-14)17-9-12-1-2-13(10-16(12)24-17)18-21-7-8-22-18/h1-4,9-11,20H,5-8,19H2,(H,21,22). The fraction of sp³-hybridized carbons (Fsp3) is 0.222. The summed E-state index contributed by atoms with van der Waals surface area (Å²) in [6.45, 7) is 3.15. The van der Waals surface area contributed by atoms with Gasteiger partial charge < -0.3 is 16.4 Å². The molecule has 3 heterocycles. The zero-order valence-corrected chi connectivity index (χ0v) is 14.1. The average Bonchev–Trinajstić information content (AvgIpc) is 3.29. The molecule has 1 aliphatic heterocycles. The van der Waals surface area contributed by atoms with Gasteiger partial charge in [0.2, 0.25) is 0 Å². The molecule has 4 N–H and O–H groups in total. The molecule has 1 aromatic carbocycles. The minimum Gasteiger partial charge on any atom is -0.383 e. The number of thiophene rings is 1. The van der Waals surface area contributed by atoms with E-state index >= 15 is 0 Å². The Bertz CT molecular complexity index is 882. The number of nitrogens with zero attached hydrogens (tertiary/aromatic N) is 2. The van der Waals surface area contributed by atoms with Crippen molar-refractivity contribution in [3.63, 3.8) is 0 Å². The average molecular weight is 337 g/mol. The van der Waals surface area contributed by atoms with Crippen LogP contribution in [-0.4, -0.2) is 37.0 Å². The highest BCUT2D eigenvalue weighted by Gasteiger charge is 2.11. The summed E-state index contributed by atoms with van der Waals surface area (Å²) in [5, 5.41) is 7.80. The van der Waals surface area contributed by atoms with Gasteiger partial charge in [-0.25, -0.2) is 0 Å². The Kier molecular flexibility index (Phi) is 4.15. The van der Waals surface area contributed by atoms with Crippen molar-refractivity contribution < 1.29 is 0 Å². The van der Waals surface area contributed by atoms with E-state index in [0.29, 0.717) is 6.54 Å². The van der Waals surface area contributed by atoms with Crippen LogP contribution in [0.3, 0.4) is 0 Å². The van der Waals surface area contributed by atoms with Crippen LogP contribution < -0.4 is 16.4 Å². The molecule has 0 fully saturated rings. The molecule has 0 atom stereocenters. The SMILES string of the molecule is NCCNc1ccc(-c2cc3ccc(C4=NCCN4)cc3s2)nc1. The minimum absolute atomic E-state index is 0.612. The second kappa shape index (κ2) is 6.59. The summed E-state index contributed by atoms with van der Waals surface area (Å²) in [5.74, 6) is 1.00. The molecular weight excluding hydrogens is 318 g/mol. The van der Waals surface area contributed by atoms with Crippen LogP contribution in [0, 0.1) is 0 Å². The normalized spacial score (nSPS) is 13.8. The van der Waals surface area contributed by atoms with Gasteiger partial charge in [-0.05, 0) is 29.7 Å². The van der Waals surface area contributed by atoms with Gasteiger partial charge in [-0.3, -0.25) is 9.98 Å². The smallest absolute Gasteiger partial charge is 0.128 e. The van der Waals surface area contributed by atoms with Crippen molar-refractivity contribution in [2.45, 2.75) is 0 Å². The first kappa shape index (κ1) is 15.1. The minimum atomic E-state index is 0.612. The lowest BCUT2D eigenvalue weighted by Crippen LogP contribution is -2.19. The molecule has 0 aliphatic carbocycles. The van der Waals surface area contributed by atoms with Crippen LogP contribution in [0.5, 0.6) is 0 Å². The van der Waals surface area contributed by atoms with E-state index < -0.39 is 0 Å². The Morgan fingerprint density at radius 2 is 2.17 bits per heavy atom. The number of aliphatic imine (C=N–C) groups is 1. The van der Waals surface area contributed by atoms with E-state index in [1.54, 1.807) is 11.3 Å². The molecule has 2 aromatic heterocycles. The summed E-state index contributed by atoms with van der Waals surface area (Å²) in [7, 11) is 0. The lowest BCUT2D eigenvalue weighted by atomic mass is 10.1. The zero-order valence-electron chi connectivity index (χ0n) is 13.2. The Morgan fingerprint density at radius 3 is 2.92 bits per heavy atom. The number of rotatable bonds is 5. The maximum atomic E-state index is 5.50. The second-order valence-electron chi connectivity index (χ2n) is 5.67. The Labute approximate surface area is 144 Å². The molecule has 4 rings (SSSR count). The molecule has 0 radical (unpaired) electrons. The zero-order chi connectivity index (χ0) is 16.4. The van der Waals surface area contributed by atoms with Gasteiger partial charge in [-0.1, -0.05) is 12.1 Å². The van der Waals surface area contributed by atoms with E-state index in [1.165, 1.54) is 15.0 Å². The van der Waals surface area contributed by atoms with Crippen molar-refractivity contribution in [3.05, 3.63) is 48.2 Å². The van der Waals surface area contributed by atoms with Crippen molar-refractivity contribution in [3.8, 4) is 10.6 Å². The van der Waals surface area contributed by atoms with Crippen LogP contribution in [-0.2, 0) is 0 Å². The van der Waals surface area contributed by atoms with E-state index in [1.807, 2.05) is 18.3 Å². The third-order valence-electron chi connectivity index (χ3n) is 3.96. The first-order chi connectivity index (χ1) is 11.8. The quantitative estimate of drug-likeness (QED) is 0.669. The topological polar surface area (TPSA) is 75.3 Å². The van der Waals surface area contributed by atoms with Gasteiger partial charge in [-0.15, -0.1) is 11.3 Å². The largest absolute Gasteiger partial charge is 0.383 e. The molecule has 0 bridgehead atoms. The van der Waals surface area contributed by atoms with Gasteiger partial charge in [0.25, 0.3) is 0 Å². The highest BCUT2D eigenvalue weighted by atomic mass is 32.1. The molecule has 1 aliphatic rings. The molecular formula is C18H19N5S. The molecule has 0 saturated carbocycles. The van der Waals surface area contributed by atoms with Crippen molar-refractivity contribution in [1.29, 1.82) is 0 Å². The molecule has 5 nitrogen and oxygen atoms in total. The molecule has 6 heteroatoms. The summed E-state index contributed by atoms with van der Waals surface area (Å²) in [6, 6.07) is 12.8. The summed E-state index contributed by atoms with van der Waals surface area (Å²) >= 11 is 1.76. The van der Waals surface area contributed by atoms with Gasteiger partial charge in [0.15, 0.2) is 0 Å². The number of hydrogen-bond donors (Lipinski definition) is 3. The molecule has 0 saturated heterocycles. The van der Waals surface area contributed by atoms with E-state index in [2.05, 4.69) is 44.9 Å². The Morgan fingerprint density at radius 1 is 1.21 bits per heavy atom. The van der Waals surface area contributed by atoms with E-state index in [4.69, 9.17) is 5.73 Å². The molecule has 3 aromatic rings. The maximum absolute atomic E-state index is 5.50. The fourth-order valence-electron chi connectivity index (χ4n) is 2.76. The number of benzene rings is 1. The highest BCUT2D eigenvalue weighted by Crippen LogP contribution is 2.33. The van der Waals surface area contributed by atoms with Gasteiger partial charge in [-0.2, -0.15) is 0 Å². The summed E-state index contributed by atoms with van der Waals surface area (Å²) in [5.41, 5.74) is 8.65. The first-order valence-corrected chi connectivity index (χ1v) is 8.88. The van der Waals surface area contributed by atoms with Crippen molar-refractivity contribution in [1.82, 2.24) is 10.3 Å². The van der Waals surface area contributed by atoms with Crippen LogP contribution in [0.15, 0.2) is 47.6 Å². The number of nitrogens with one attached hydrogen (secondary N) is 2. The van der Waals surface area contributed by atoms with Crippen LogP contribution in [0.4, 0.5) is 5.69 Å². The number of pyridine rings is 1. The molecule has 0 amide bonds. The van der Waals surface area contributed by atoms with Gasteiger partial charge in [0.1, 0.15) is 5.84 Å². The predicted octanol–water partition coefficient (Wildman–Crippen LogP) is 2.68. The molecule has 0 unspecified atom stereocenters. The number of hydrogen-bond acceptors (Lipinski definition) is 6. The van der Waals surface area contributed by atoms with Crippen molar-refractivity contribution in [2.24, 2.45) is 10.7 Å². The van der Waals surface area contributed by atoms with Gasteiger partial charge in [0.05, 0.1) is 29.0 Å². The lowest BCUT2D eigenvalue weighted by Gasteiger charge is -2.04. The number of amidine groups is 1. The van der Waals surface area contributed by atoms with Crippen LogP contribution >= 0.6 is 11.3 Å². The van der Waals surface area contributed by atoms with Crippen LogP contribution in [0.1, 0.15) is 5.56 Å². The maximum Gasteiger partial charge on any atom is 0.128 e. The molecule has 122 valence electrons. The fourth-order valence-corrected chi connectivity index (χ4v) is 3.84. The Hall–Kier alpha value is -2.44. The predicted molar refractivity (Wildman–Crippen MR) is 102 cm³/mol. The molecule has 0 spiro atoms. The van der Waals surface area contributed by atoms with Gasteiger partial charge >= 0.3 is 0 Å². The van der Waals surface area contributed by atoms with E-state index in [9.17, 15) is 0 Å². The summed E-state index contributed by atoms with van der Waals surface area (Å²) in [4.78, 5) is 10.2. The van der Waals surface area contributed by atoms with E-state index in [0.717, 1.165) is 42.4 Å². The van der Waals surface area contributed by atoms with Crippen molar-refractivity contribution >= 4 is 32.9 Å². The van der Waals surface area contributed by atoms with Crippen molar-refractivity contribution in [2.75, 3.05) is 31.5 Å². The van der Waals surface area contributed by atoms with Crippen LogP contribution in [0.2, 0.25) is 0 Å². The monoisotopic (exact) mass is 337 g/mol. The molecule has 24 heavy (non-hydrogen) atoms.